The zero-order valence-electron chi connectivity index (χ0n) is 16.1. The summed E-state index contributed by atoms with van der Waals surface area (Å²) in [5, 5.41) is 10.2. The first kappa shape index (κ1) is 18.7. The molecule has 9 heteroatoms. The van der Waals surface area contributed by atoms with Gasteiger partial charge in [0.05, 0.1) is 32.5 Å². The fraction of sp³-hybridized carbons (Fsp3) is 0.300. The van der Waals surface area contributed by atoms with E-state index in [9.17, 15) is 9.59 Å². The van der Waals surface area contributed by atoms with Crippen molar-refractivity contribution in [1.82, 2.24) is 25.2 Å². The van der Waals surface area contributed by atoms with E-state index in [1.54, 1.807) is 49.3 Å². The van der Waals surface area contributed by atoms with Crippen LogP contribution in [0.2, 0.25) is 0 Å². The summed E-state index contributed by atoms with van der Waals surface area (Å²) >= 11 is 0. The van der Waals surface area contributed by atoms with Gasteiger partial charge < -0.3 is 20.1 Å². The van der Waals surface area contributed by atoms with E-state index in [0.29, 0.717) is 35.6 Å². The van der Waals surface area contributed by atoms with Crippen molar-refractivity contribution in [3.8, 4) is 11.5 Å². The summed E-state index contributed by atoms with van der Waals surface area (Å²) in [5.41, 5.74) is 1.62. The van der Waals surface area contributed by atoms with Crippen LogP contribution in [0.25, 0.3) is 5.65 Å². The Balaban J connectivity index is 1.63. The lowest BCUT2D eigenvalue weighted by Crippen LogP contribution is -2.50. The number of fused-ring (bicyclic) bond motifs is 1. The number of benzene rings is 1. The van der Waals surface area contributed by atoms with E-state index >= 15 is 0 Å². The van der Waals surface area contributed by atoms with Crippen molar-refractivity contribution < 1.29 is 19.1 Å². The molecule has 2 N–H and O–H groups in total. The van der Waals surface area contributed by atoms with Gasteiger partial charge >= 0.3 is 0 Å². The molecule has 1 aliphatic heterocycles. The summed E-state index contributed by atoms with van der Waals surface area (Å²) in [5.74, 6) is 0.854. The minimum absolute atomic E-state index is 0.0731. The third kappa shape index (κ3) is 3.58. The maximum absolute atomic E-state index is 12.9. The Hall–Kier alpha value is -3.62. The number of amides is 2. The standard InChI is InChI=1S/C20H21N5O4/c1-28-12-4-5-13(16(10-12)29-2)18-15(6-7-17(26)24-18)23-20(27)14-11-22-25-9-3-8-21-19(14)25/h3-5,8-11,15,18H,6-7H2,1-2H3,(H,23,27)(H,24,26). The average Bonchev–Trinajstić information content (AvgIpc) is 3.19. The molecular weight excluding hydrogens is 374 g/mol. The van der Waals surface area contributed by atoms with Gasteiger partial charge in [-0.25, -0.2) is 9.50 Å². The van der Waals surface area contributed by atoms with Gasteiger partial charge in [-0.15, -0.1) is 0 Å². The Morgan fingerprint density at radius 2 is 2.17 bits per heavy atom. The molecule has 29 heavy (non-hydrogen) atoms. The van der Waals surface area contributed by atoms with Gasteiger partial charge in [0.2, 0.25) is 5.91 Å². The van der Waals surface area contributed by atoms with Crippen molar-refractivity contribution in [1.29, 1.82) is 0 Å². The van der Waals surface area contributed by atoms with Crippen LogP contribution in [0.5, 0.6) is 11.5 Å². The molecule has 2 atom stereocenters. The molecule has 150 valence electrons. The number of carbonyl (C=O) groups is 2. The Morgan fingerprint density at radius 1 is 1.31 bits per heavy atom. The summed E-state index contributed by atoms with van der Waals surface area (Å²) in [6.07, 6.45) is 5.66. The number of rotatable bonds is 5. The normalized spacial score (nSPS) is 18.9. The number of ether oxygens (including phenoxy) is 2. The van der Waals surface area contributed by atoms with Gasteiger partial charge in [-0.05, 0) is 24.6 Å². The van der Waals surface area contributed by atoms with Crippen molar-refractivity contribution in [3.63, 3.8) is 0 Å². The van der Waals surface area contributed by atoms with Crippen LogP contribution in [0.15, 0.2) is 42.9 Å². The van der Waals surface area contributed by atoms with Crippen molar-refractivity contribution in [3.05, 3.63) is 54.0 Å². The van der Waals surface area contributed by atoms with Crippen molar-refractivity contribution in [2.45, 2.75) is 24.9 Å². The fourth-order valence-corrected chi connectivity index (χ4v) is 3.56. The predicted molar refractivity (Wildman–Crippen MR) is 104 cm³/mol. The molecular formula is C20H21N5O4. The summed E-state index contributed by atoms with van der Waals surface area (Å²) in [6, 6.07) is 6.38. The van der Waals surface area contributed by atoms with E-state index in [-0.39, 0.29) is 17.9 Å². The number of nitrogens with zero attached hydrogens (tertiary/aromatic N) is 3. The Kier molecular flexibility index (Phi) is 5.03. The van der Waals surface area contributed by atoms with Crippen LogP contribution in [0, 0.1) is 0 Å². The summed E-state index contributed by atoms with van der Waals surface area (Å²) in [7, 11) is 3.13. The number of hydrogen-bond acceptors (Lipinski definition) is 6. The van der Waals surface area contributed by atoms with Gasteiger partial charge in [-0.2, -0.15) is 5.10 Å². The van der Waals surface area contributed by atoms with Gasteiger partial charge in [0.25, 0.3) is 5.91 Å². The van der Waals surface area contributed by atoms with Crippen molar-refractivity contribution in [2.24, 2.45) is 0 Å². The Morgan fingerprint density at radius 3 is 2.97 bits per heavy atom. The Bertz CT molecular complexity index is 1060. The van der Waals surface area contributed by atoms with Crippen LogP contribution in [0.4, 0.5) is 0 Å². The van der Waals surface area contributed by atoms with Gasteiger partial charge in [-0.1, -0.05) is 0 Å². The van der Waals surface area contributed by atoms with E-state index in [1.807, 2.05) is 6.07 Å². The molecule has 1 aliphatic rings. The first-order valence-electron chi connectivity index (χ1n) is 9.21. The van der Waals surface area contributed by atoms with Crippen LogP contribution in [0.3, 0.4) is 0 Å². The van der Waals surface area contributed by atoms with E-state index in [4.69, 9.17) is 9.47 Å². The highest BCUT2D eigenvalue weighted by Gasteiger charge is 2.33. The fourth-order valence-electron chi connectivity index (χ4n) is 3.56. The molecule has 1 aromatic carbocycles. The minimum Gasteiger partial charge on any atom is -0.497 e. The summed E-state index contributed by atoms with van der Waals surface area (Å²) in [4.78, 5) is 29.3. The average molecular weight is 395 g/mol. The number of carbonyl (C=O) groups excluding carboxylic acids is 2. The topological polar surface area (TPSA) is 107 Å². The molecule has 3 heterocycles. The number of methoxy groups -OCH3 is 2. The molecule has 4 rings (SSSR count). The lowest BCUT2D eigenvalue weighted by Gasteiger charge is -2.34. The van der Waals surface area contributed by atoms with Crippen LogP contribution >= 0.6 is 0 Å². The van der Waals surface area contributed by atoms with Gasteiger partial charge in [0.1, 0.15) is 17.1 Å². The Labute approximate surface area is 167 Å². The van der Waals surface area contributed by atoms with E-state index in [0.717, 1.165) is 5.56 Å². The monoisotopic (exact) mass is 395 g/mol. The molecule has 1 fully saturated rings. The SMILES string of the molecule is COc1ccc(C2NC(=O)CCC2NC(=O)c2cnn3cccnc23)c(OC)c1. The third-order valence-electron chi connectivity index (χ3n) is 5.02. The van der Waals surface area contributed by atoms with E-state index in [1.165, 1.54) is 6.20 Å². The van der Waals surface area contributed by atoms with Gasteiger partial charge in [0.15, 0.2) is 5.65 Å². The van der Waals surface area contributed by atoms with Crippen LogP contribution in [0.1, 0.15) is 34.8 Å². The number of aromatic nitrogens is 3. The first-order chi connectivity index (χ1) is 14.1. The van der Waals surface area contributed by atoms with Gasteiger partial charge in [0, 0.05) is 30.4 Å². The second-order valence-electron chi connectivity index (χ2n) is 6.72. The van der Waals surface area contributed by atoms with Crippen molar-refractivity contribution in [2.75, 3.05) is 14.2 Å². The molecule has 0 bridgehead atoms. The lowest BCUT2D eigenvalue weighted by molar-refractivity contribution is -0.123. The van der Waals surface area contributed by atoms with Gasteiger partial charge in [-0.3, -0.25) is 9.59 Å². The largest absolute Gasteiger partial charge is 0.497 e. The smallest absolute Gasteiger partial charge is 0.257 e. The third-order valence-corrected chi connectivity index (χ3v) is 5.02. The summed E-state index contributed by atoms with van der Waals surface area (Å²) < 4.78 is 12.3. The van der Waals surface area contributed by atoms with Crippen LogP contribution < -0.4 is 20.1 Å². The van der Waals surface area contributed by atoms with E-state index < -0.39 is 6.04 Å². The van der Waals surface area contributed by atoms with Crippen LogP contribution in [-0.4, -0.2) is 46.7 Å². The molecule has 0 saturated carbocycles. The summed E-state index contributed by atoms with van der Waals surface area (Å²) in [6.45, 7) is 0. The number of hydrogen-bond donors (Lipinski definition) is 2. The maximum atomic E-state index is 12.9. The first-order valence-corrected chi connectivity index (χ1v) is 9.21. The molecule has 9 nitrogen and oxygen atoms in total. The van der Waals surface area contributed by atoms with E-state index in [2.05, 4.69) is 20.7 Å². The van der Waals surface area contributed by atoms with Crippen LogP contribution in [-0.2, 0) is 4.79 Å². The number of piperidine rings is 1. The quantitative estimate of drug-likeness (QED) is 0.678. The molecule has 2 amide bonds. The molecule has 1 saturated heterocycles. The van der Waals surface area contributed by atoms with Crippen molar-refractivity contribution >= 4 is 17.5 Å². The minimum atomic E-state index is -0.434. The molecule has 2 unspecified atom stereocenters. The highest BCUT2D eigenvalue weighted by molar-refractivity contribution is 5.99. The maximum Gasteiger partial charge on any atom is 0.257 e. The molecule has 2 aromatic heterocycles. The number of nitrogens with one attached hydrogen (secondary N) is 2. The zero-order chi connectivity index (χ0) is 20.4. The predicted octanol–water partition coefficient (Wildman–Crippen LogP) is 1.50. The molecule has 0 radical (unpaired) electrons. The zero-order valence-corrected chi connectivity index (χ0v) is 16.1. The second kappa shape index (κ2) is 7.78. The highest BCUT2D eigenvalue weighted by Crippen LogP contribution is 2.34. The molecule has 0 spiro atoms. The molecule has 0 aliphatic carbocycles. The molecule has 3 aromatic rings. The lowest BCUT2D eigenvalue weighted by atomic mass is 9.91. The second-order valence-corrected chi connectivity index (χ2v) is 6.72. The highest BCUT2D eigenvalue weighted by atomic mass is 16.5.